The maximum Gasteiger partial charge on any atom is 0.00684 e. The van der Waals surface area contributed by atoms with Gasteiger partial charge in [-0.2, -0.15) is 0 Å². The third-order valence-electron chi connectivity index (χ3n) is 4.55. The molecule has 0 spiro atoms. The van der Waals surface area contributed by atoms with Gasteiger partial charge in [0.1, 0.15) is 0 Å². The molecule has 0 aromatic rings. The molecule has 3 rings (SSSR count). The van der Waals surface area contributed by atoms with Crippen LogP contribution >= 0.6 is 0 Å². The van der Waals surface area contributed by atoms with Gasteiger partial charge in [0.2, 0.25) is 0 Å². The van der Waals surface area contributed by atoms with Crippen molar-refractivity contribution in [2.24, 2.45) is 17.3 Å². The fraction of sp³-hybridized carbons (Fsp3) is 1.00. The predicted octanol–water partition coefficient (Wildman–Crippen LogP) is 2.56. The molecule has 2 atom stereocenters. The Kier molecular flexibility index (Phi) is 1.74. The van der Waals surface area contributed by atoms with E-state index in [0.717, 1.165) is 23.3 Å². The zero-order chi connectivity index (χ0) is 8.89. The first-order valence-corrected chi connectivity index (χ1v) is 6.05. The van der Waals surface area contributed by atoms with Crippen LogP contribution in [0.15, 0.2) is 0 Å². The lowest BCUT2D eigenvalue weighted by Gasteiger charge is -2.30. The summed E-state index contributed by atoms with van der Waals surface area (Å²) >= 11 is 0. The van der Waals surface area contributed by atoms with E-state index in [4.69, 9.17) is 0 Å². The Morgan fingerprint density at radius 3 is 2.46 bits per heavy atom. The average molecular weight is 179 g/mol. The fourth-order valence-electron chi connectivity index (χ4n) is 3.21. The van der Waals surface area contributed by atoms with Crippen molar-refractivity contribution in [3.63, 3.8) is 0 Å². The van der Waals surface area contributed by atoms with Crippen molar-refractivity contribution in [3.05, 3.63) is 0 Å². The molecule has 0 bridgehead atoms. The highest BCUT2D eigenvalue weighted by Gasteiger charge is 2.52. The maximum absolute atomic E-state index is 3.73. The zero-order valence-electron chi connectivity index (χ0n) is 8.68. The van der Waals surface area contributed by atoms with E-state index < -0.39 is 0 Å². The molecule has 0 amide bonds. The summed E-state index contributed by atoms with van der Waals surface area (Å²) in [5, 5.41) is 3.73. The molecule has 0 radical (unpaired) electrons. The molecule has 1 N–H and O–H groups in total. The Labute approximate surface area is 81.3 Å². The van der Waals surface area contributed by atoms with Crippen LogP contribution in [0.3, 0.4) is 0 Å². The number of hydrogen-bond donors (Lipinski definition) is 1. The van der Waals surface area contributed by atoms with Crippen LogP contribution in [0, 0.1) is 17.3 Å². The highest BCUT2D eigenvalue weighted by atomic mass is 15.0. The molecule has 3 fully saturated rings. The molecular weight excluding hydrogens is 158 g/mol. The minimum absolute atomic E-state index is 0.718. The number of fused-ring (bicyclic) bond motifs is 1. The predicted molar refractivity (Wildman–Crippen MR) is 54.6 cm³/mol. The van der Waals surface area contributed by atoms with E-state index in [1.807, 2.05) is 0 Å². The van der Waals surface area contributed by atoms with Gasteiger partial charge < -0.3 is 5.32 Å². The first-order chi connectivity index (χ1) is 6.31. The largest absolute Gasteiger partial charge is 0.313 e. The van der Waals surface area contributed by atoms with E-state index >= 15 is 0 Å². The lowest BCUT2D eigenvalue weighted by Crippen LogP contribution is -2.34. The molecule has 13 heavy (non-hydrogen) atoms. The Morgan fingerprint density at radius 1 is 1.23 bits per heavy atom. The highest BCUT2D eigenvalue weighted by molar-refractivity contribution is 5.04. The summed E-state index contributed by atoms with van der Waals surface area (Å²) in [6.45, 7) is 3.71. The van der Waals surface area contributed by atoms with Crippen molar-refractivity contribution in [1.82, 2.24) is 5.32 Å². The van der Waals surface area contributed by atoms with Crippen molar-refractivity contribution in [2.45, 2.75) is 51.5 Å². The molecule has 3 saturated carbocycles. The molecule has 3 aliphatic rings. The monoisotopic (exact) mass is 179 g/mol. The zero-order valence-corrected chi connectivity index (χ0v) is 8.68. The van der Waals surface area contributed by atoms with Crippen LogP contribution < -0.4 is 5.32 Å². The summed E-state index contributed by atoms with van der Waals surface area (Å²) in [4.78, 5) is 0. The summed E-state index contributed by atoms with van der Waals surface area (Å²) in [6.07, 6.45) is 8.91. The minimum Gasteiger partial charge on any atom is -0.313 e. The van der Waals surface area contributed by atoms with Gasteiger partial charge in [-0.25, -0.2) is 0 Å². The third kappa shape index (κ3) is 1.52. The second-order valence-corrected chi connectivity index (χ2v) is 5.67. The number of rotatable bonds is 4. The second-order valence-electron chi connectivity index (χ2n) is 5.67. The smallest absolute Gasteiger partial charge is 0.00684 e. The van der Waals surface area contributed by atoms with Gasteiger partial charge in [0.25, 0.3) is 0 Å². The van der Waals surface area contributed by atoms with Crippen LogP contribution in [0.4, 0.5) is 0 Å². The first kappa shape index (κ1) is 8.28. The topological polar surface area (TPSA) is 12.0 Å². The first-order valence-electron chi connectivity index (χ1n) is 6.05. The van der Waals surface area contributed by atoms with Gasteiger partial charge in [0.15, 0.2) is 0 Å². The van der Waals surface area contributed by atoms with Crippen LogP contribution in [-0.2, 0) is 0 Å². The van der Waals surface area contributed by atoms with Crippen molar-refractivity contribution in [3.8, 4) is 0 Å². The molecule has 2 unspecified atom stereocenters. The van der Waals surface area contributed by atoms with E-state index in [2.05, 4.69) is 12.2 Å². The van der Waals surface area contributed by atoms with E-state index in [0.29, 0.717) is 0 Å². The molecule has 0 aromatic carbocycles. The highest BCUT2D eigenvalue weighted by Crippen LogP contribution is 2.60. The lowest BCUT2D eigenvalue weighted by atomic mass is 9.80. The summed E-state index contributed by atoms with van der Waals surface area (Å²) in [5.74, 6) is 2.28. The fourth-order valence-corrected chi connectivity index (χ4v) is 3.21. The number of hydrogen-bond acceptors (Lipinski definition) is 1. The molecule has 0 aromatic heterocycles. The SMILES string of the molecule is CCC1(CNC2CC2)CC2CC2C1. The van der Waals surface area contributed by atoms with E-state index in [9.17, 15) is 0 Å². The van der Waals surface area contributed by atoms with E-state index in [-0.39, 0.29) is 0 Å². The van der Waals surface area contributed by atoms with Crippen molar-refractivity contribution >= 4 is 0 Å². The van der Waals surface area contributed by atoms with Crippen LogP contribution in [0.5, 0.6) is 0 Å². The summed E-state index contributed by atoms with van der Waals surface area (Å²) in [5.41, 5.74) is 0.718. The molecule has 74 valence electrons. The van der Waals surface area contributed by atoms with Gasteiger partial charge in [-0.15, -0.1) is 0 Å². The molecule has 1 nitrogen and oxygen atoms in total. The van der Waals surface area contributed by atoms with Crippen LogP contribution in [0.2, 0.25) is 0 Å². The van der Waals surface area contributed by atoms with Crippen LogP contribution in [0.1, 0.15) is 45.4 Å². The van der Waals surface area contributed by atoms with Crippen molar-refractivity contribution < 1.29 is 0 Å². The summed E-state index contributed by atoms with van der Waals surface area (Å²) in [6, 6.07) is 0.903. The van der Waals surface area contributed by atoms with Crippen LogP contribution in [-0.4, -0.2) is 12.6 Å². The van der Waals surface area contributed by atoms with Crippen molar-refractivity contribution in [1.29, 1.82) is 0 Å². The van der Waals surface area contributed by atoms with Gasteiger partial charge in [0, 0.05) is 12.6 Å². The maximum atomic E-state index is 3.73. The molecule has 0 heterocycles. The van der Waals surface area contributed by atoms with Crippen molar-refractivity contribution in [2.75, 3.05) is 6.54 Å². The summed E-state index contributed by atoms with van der Waals surface area (Å²) < 4.78 is 0. The van der Waals surface area contributed by atoms with Gasteiger partial charge in [-0.1, -0.05) is 6.92 Å². The lowest BCUT2D eigenvalue weighted by molar-refractivity contribution is 0.239. The quantitative estimate of drug-likeness (QED) is 0.699. The third-order valence-corrected chi connectivity index (χ3v) is 4.55. The molecule has 3 aliphatic carbocycles. The van der Waals surface area contributed by atoms with E-state index in [1.165, 1.54) is 38.6 Å². The normalized spacial score (nSPS) is 47.8. The van der Waals surface area contributed by atoms with Crippen LogP contribution in [0.25, 0.3) is 0 Å². The average Bonchev–Trinajstić information content (AvgIpc) is 3.05. The Hall–Kier alpha value is -0.0400. The van der Waals surface area contributed by atoms with Gasteiger partial charge >= 0.3 is 0 Å². The standard InChI is InChI=1S/C12H21N/c1-2-12(8-13-11-3-4-11)6-9-5-10(9)7-12/h9-11,13H,2-8H2,1H3. The molecule has 0 aliphatic heterocycles. The molecular formula is C12H21N. The van der Waals surface area contributed by atoms with Gasteiger partial charge in [-0.05, 0) is 55.8 Å². The number of nitrogens with one attached hydrogen (secondary N) is 1. The molecule has 0 saturated heterocycles. The van der Waals surface area contributed by atoms with Gasteiger partial charge in [0.05, 0.1) is 0 Å². The summed E-state index contributed by atoms with van der Waals surface area (Å²) in [7, 11) is 0. The Bertz CT molecular complexity index is 197. The van der Waals surface area contributed by atoms with Gasteiger partial charge in [-0.3, -0.25) is 0 Å². The van der Waals surface area contributed by atoms with E-state index in [1.54, 1.807) is 6.42 Å². The Balaban J connectivity index is 1.56. The molecule has 1 heteroatoms. The minimum atomic E-state index is 0.718. The Morgan fingerprint density at radius 2 is 1.92 bits per heavy atom. The second kappa shape index (κ2) is 2.73.